The molecule has 0 unspecified atom stereocenters. The molecule has 3 saturated carbocycles. The number of fused-ring (bicyclic) bond motifs is 7. The number of rotatable bonds is 10. The summed E-state index contributed by atoms with van der Waals surface area (Å²) in [5.74, 6) is 2.60. The second kappa shape index (κ2) is 20.4. The number of aliphatic hydroxyl groups is 11. The summed E-state index contributed by atoms with van der Waals surface area (Å²) in [6, 6.07) is 0. The van der Waals surface area contributed by atoms with Gasteiger partial charge in [0, 0.05) is 12.3 Å². The Balaban J connectivity index is 0.749. The van der Waals surface area contributed by atoms with Crippen LogP contribution in [0.2, 0.25) is 0 Å². The first kappa shape index (κ1) is 53.3. The smallest absolute Gasteiger partial charge is 0.187 e. The van der Waals surface area contributed by atoms with Gasteiger partial charge in [0.05, 0.1) is 44.7 Å². The van der Waals surface area contributed by atoms with E-state index in [0.29, 0.717) is 48.3 Å². The molecule has 30 atom stereocenters. The summed E-state index contributed by atoms with van der Waals surface area (Å²) in [5, 5.41) is 118. The van der Waals surface area contributed by atoms with E-state index in [1.165, 1.54) is 12.5 Å². The Kier molecular flexibility index (Phi) is 15.3. The van der Waals surface area contributed by atoms with Crippen LogP contribution >= 0.6 is 0 Å². The van der Waals surface area contributed by atoms with Crippen molar-refractivity contribution in [2.75, 3.05) is 26.4 Å². The van der Waals surface area contributed by atoms with E-state index in [1.54, 1.807) is 0 Å². The van der Waals surface area contributed by atoms with Crippen LogP contribution in [0.5, 0.6) is 0 Å². The molecule has 10 rings (SSSR count). The van der Waals surface area contributed by atoms with Crippen molar-refractivity contribution in [2.45, 2.75) is 227 Å². The molecule has 6 saturated heterocycles. The van der Waals surface area contributed by atoms with Gasteiger partial charge in [0.15, 0.2) is 30.9 Å². The first-order valence-electron chi connectivity index (χ1n) is 26.3. The Labute approximate surface area is 414 Å². The van der Waals surface area contributed by atoms with Gasteiger partial charge in [0.1, 0.15) is 85.5 Å². The topological polar surface area (TPSA) is 315 Å². The quantitative estimate of drug-likeness (QED) is 0.113. The van der Waals surface area contributed by atoms with E-state index < -0.39 is 142 Å². The summed E-state index contributed by atoms with van der Waals surface area (Å²) in [5.41, 5.74) is 1.53. The zero-order valence-electron chi connectivity index (χ0n) is 41.4. The summed E-state index contributed by atoms with van der Waals surface area (Å²) < 4.78 is 60.3. The molecule has 0 amide bonds. The molecule has 11 N–H and O–H groups in total. The highest BCUT2D eigenvalue weighted by Gasteiger charge is 2.69. The van der Waals surface area contributed by atoms with E-state index in [4.69, 9.17) is 47.4 Å². The minimum absolute atomic E-state index is 0.0131. The normalized spacial score (nSPS) is 57.4. The van der Waals surface area contributed by atoms with Crippen LogP contribution in [0.1, 0.15) is 92.4 Å². The van der Waals surface area contributed by atoms with Gasteiger partial charge in [-0.2, -0.15) is 0 Å². The lowest BCUT2D eigenvalue weighted by Crippen LogP contribution is -2.65. The van der Waals surface area contributed by atoms with E-state index in [9.17, 15) is 56.2 Å². The third kappa shape index (κ3) is 9.12. The average Bonchev–Trinajstić information content (AvgIpc) is 3.80. The predicted molar refractivity (Wildman–Crippen MR) is 241 cm³/mol. The van der Waals surface area contributed by atoms with Gasteiger partial charge >= 0.3 is 0 Å². The van der Waals surface area contributed by atoms with Crippen LogP contribution in [0.3, 0.4) is 0 Å². The molecule has 406 valence electrons. The molecule has 0 bridgehead atoms. The van der Waals surface area contributed by atoms with Crippen LogP contribution in [0.4, 0.5) is 0 Å². The predicted octanol–water partition coefficient (Wildman–Crippen LogP) is -1.32. The Morgan fingerprint density at radius 2 is 1.27 bits per heavy atom. The van der Waals surface area contributed by atoms with Crippen LogP contribution < -0.4 is 0 Å². The van der Waals surface area contributed by atoms with Gasteiger partial charge < -0.3 is 104 Å². The average molecular weight is 1020 g/mol. The van der Waals surface area contributed by atoms with Crippen LogP contribution in [0.25, 0.3) is 0 Å². The minimum atomic E-state index is -1.85. The summed E-state index contributed by atoms with van der Waals surface area (Å²) in [6.45, 7) is 9.92. The van der Waals surface area contributed by atoms with Crippen LogP contribution in [0, 0.1) is 46.3 Å². The molecule has 21 nitrogen and oxygen atoms in total. The third-order valence-corrected chi connectivity index (χ3v) is 19.4. The molecule has 71 heavy (non-hydrogen) atoms. The van der Waals surface area contributed by atoms with E-state index >= 15 is 0 Å². The largest absolute Gasteiger partial charge is 0.394 e. The third-order valence-electron chi connectivity index (χ3n) is 19.4. The van der Waals surface area contributed by atoms with Crippen molar-refractivity contribution >= 4 is 0 Å². The van der Waals surface area contributed by atoms with Gasteiger partial charge in [-0.15, -0.1) is 0 Å². The van der Waals surface area contributed by atoms with E-state index in [0.717, 1.165) is 51.6 Å². The van der Waals surface area contributed by atoms with Gasteiger partial charge in [-0.05, 0) is 98.7 Å². The zero-order chi connectivity index (χ0) is 50.6. The number of hydrogen-bond donors (Lipinski definition) is 11. The molecule has 6 heterocycles. The van der Waals surface area contributed by atoms with Crippen LogP contribution in [0.15, 0.2) is 11.6 Å². The van der Waals surface area contributed by atoms with Crippen molar-refractivity contribution in [1.82, 2.24) is 0 Å². The van der Waals surface area contributed by atoms with Crippen molar-refractivity contribution < 1.29 is 104 Å². The van der Waals surface area contributed by atoms with Gasteiger partial charge in [-0.3, -0.25) is 0 Å². The number of aliphatic hydroxyl groups excluding tert-OH is 11. The van der Waals surface area contributed by atoms with Crippen molar-refractivity contribution in [1.29, 1.82) is 0 Å². The second-order valence-electron chi connectivity index (χ2n) is 23.4. The van der Waals surface area contributed by atoms with Crippen molar-refractivity contribution in [2.24, 2.45) is 46.3 Å². The first-order chi connectivity index (χ1) is 33.7. The summed E-state index contributed by atoms with van der Waals surface area (Å²) in [4.78, 5) is 0. The lowest BCUT2D eigenvalue weighted by Gasteiger charge is -2.58. The summed E-state index contributed by atoms with van der Waals surface area (Å²) in [7, 11) is 0. The van der Waals surface area contributed by atoms with Crippen LogP contribution in [-0.2, 0) is 47.4 Å². The lowest BCUT2D eigenvalue weighted by atomic mass is 9.47. The van der Waals surface area contributed by atoms with Crippen LogP contribution in [-0.4, -0.2) is 217 Å². The Morgan fingerprint density at radius 3 is 1.96 bits per heavy atom. The monoisotopic (exact) mass is 1020 g/mol. The molecule has 1 spiro atoms. The standard InChI is InChI=1S/C50H80O21/c1-20-8-13-50(63-18-20)21(2)32-28(71-50)15-27-25-7-6-23-14-24(9-11-48(23,4)26(25)10-12-49(27,32)5)65-47-41(61)43(36(56)30(17-52)67-47)69-44-38(58)35(55)31(19-62-44)68-46-40(60)42(33(53)22(3)64-46)70-45-39(59)37(57)34(54)29(16-51)66-45/h6,20-22,24-47,51-61H,7-19H2,1-5H3/t20-,21+,22+,24+,25-,26+,27+,28+,29+,30+,31+,32+,33+,34+,35-,36+,37-,38+,39+,40+,41+,42-,43-,44-,45-,46-,47+,48+,49+,50-/m1/s1. The molecule has 10 aliphatic rings. The first-order valence-corrected chi connectivity index (χ1v) is 26.3. The van der Waals surface area contributed by atoms with E-state index in [1.807, 2.05) is 0 Å². The van der Waals surface area contributed by atoms with E-state index in [2.05, 4.69) is 33.8 Å². The molecule has 0 radical (unpaired) electrons. The Hall–Kier alpha value is -1.10. The summed E-state index contributed by atoms with van der Waals surface area (Å²) >= 11 is 0. The van der Waals surface area contributed by atoms with Gasteiger partial charge in [-0.25, -0.2) is 0 Å². The Morgan fingerprint density at radius 1 is 0.620 bits per heavy atom. The van der Waals surface area contributed by atoms with E-state index in [-0.39, 0.29) is 23.0 Å². The van der Waals surface area contributed by atoms with Gasteiger partial charge in [-0.1, -0.05) is 39.3 Å². The minimum Gasteiger partial charge on any atom is -0.394 e. The highest BCUT2D eigenvalue weighted by molar-refractivity contribution is 5.26. The molecule has 0 aromatic heterocycles. The highest BCUT2D eigenvalue weighted by Crippen LogP contribution is 2.70. The molecular formula is C50H80O21. The molecule has 0 aromatic rings. The van der Waals surface area contributed by atoms with Crippen molar-refractivity contribution in [3.05, 3.63) is 11.6 Å². The fourth-order valence-corrected chi connectivity index (χ4v) is 15.2. The molecule has 9 fully saturated rings. The van der Waals surface area contributed by atoms with Crippen molar-refractivity contribution in [3.8, 4) is 0 Å². The SMILES string of the molecule is C[C@@H]1CC[C@@]2(OC1)O[C@H]1C[C@H]3[C@@H]4CC=C5C[C@@H](O[C@H]6O[C@@H](CO)[C@H](O)[C@@H](O[C@H]7OC[C@H](O[C@H]8O[C@@H](C)[C@H](O)[C@@H](O[C@H]9O[C@@H](CO)[C@H](O)[C@@H](O)[C@@H]9O)[C@@H]8O)[C@@H](O)[C@@H]7O)[C@@H]6O)CC[C@]5(C)[C@H]4CC[C@]3(C)[C@H]1[C@@H]2C. The maximum atomic E-state index is 11.7. The molecule has 4 aliphatic carbocycles. The number of hydrogen-bond acceptors (Lipinski definition) is 21. The number of allylic oxidation sites excluding steroid dienone is 1. The second-order valence-corrected chi connectivity index (χ2v) is 23.4. The lowest BCUT2D eigenvalue weighted by molar-refractivity contribution is -0.378. The fourth-order valence-electron chi connectivity index (χ4n) is 15.2. The molecule has 0 aromatic carbocycles. The Bertz CT molecular complexity index is 1870. The molecular weight excluding hydrogens is 937 g/mol. The van der Waals surface area contributed by atoms with Gasteiger partial charge in [0.25, 0.3) is 0 Å². The maximum absolute atomic E-state index is 11.7. The fraction of sp³-hybridized carbons (Fsp3) is 0.960. The highest BCUT2D eigenvalue weighted by atomic mass is 16.8. The molecule has 21 heteroatoms. The number of ether oxygens (including phenoxy) is 10. The zero-order valence-corrected chi connectivity index (χ0v) is 41.4. The van der Waals surface area contributed by atoms with Crippen molar-refractivity contribution in [3.63, 3.8) is 0 Å². The summed E-state index contributed by atoms with van der Waals surface area (Å²) in [6.07, 6.45) is -18.9. The molecule has 6 aliphatic heterocycles. The van der Waals surface area contributed by atoms with Gasteiger partial charge in [0.2, 0.25) is 0 Å². The maximum Gasteiger partial charge on any atom is 0.187 e.